The topological polar surface area (TPSA) is 34.0 Å². The molecular formula is C19H17BrN2O. The zero-order chi connectivity index (χ0) is 16.2. The zero-order valence-corrected chi connectivity index (χ0v) is 14.3. The first-order chi connectivity index (χ1) is 11.1. The molecule has 23 heavy (non-hydrogen) atoms. The van der Waals surface area contributed by atoms with E-state index in [9.17, 15) is 4.79 Å². The van der Waals surface area contributed by atoms with Gasteiger partial charge >= 0.3 is 0 Å². The van der Waals surface area contributed by atoms with Gasteiger partial charge in [-0.1, -0.05) is 58.4 Å². The Bertz CT molecular complexity index is 794. The van der Waals surface area contributed by atoms with Crippen LogP contribution in [0.15, 0.2) is 77.4 Å². The predicted octanol–water partition coefficient (Wildman–Crippen LogP) is 4.31. The maximum atomic E-state index is 12.6. The molecule has 1 amide bonds. The first-order valence-electron chi connectivity index (χ1n) is 7.38. The standard InChI is InChI=1S/C19H17BrN2O/c1-22-13-5-8-17(22)19(23)21-18(14-6-3-2-4-7-14)15-9-11-16(20)12-10-15/h2-13,18H,1H3,(H,21,23). The van der Waals surface area contributed by atoms with Gasteiger partial charge < -0.3 is 9.88 Å². The summed E-state index contributed by atoms with van der Waals surface area (Å²) in [7, 11) is 1.87. The molecule has 1 atom stereocenters. The second-order valence-electron chi connectivity index (χ2n) is 5.37. The summed E-state index contributed by atoms with van der Waals surface area (Å²) in [6.45, 7) is 0. The molecule has 0 saturated heterocycles. The molecule has 0 spiro atoms. The van der Waals surface area contributed by atoms with E-state index in [-0.39, 0.29) is 11.9 Å². The van der Waals surface area contributed by atoms with E-state index in [1.807, 2.05) is 84.5 Å². The maximum Gasteiger partial charge on any atom is 0.268 e. The lowest BCUT2D eigenvalue weighted by molar-refractivity contribution is 0.0935. The number of aromatic nitrogens is 1. The number of benzene rings is 2. The van der Waals surface area contributed by atoms with Crippen LogP contribution in [-0.4, -0.2) is 10.5 Å². The van der Waals surface area contributed by atoms with Gasteiger partial charge in [0.2, 0.25) is 0 Å². The number of carbonyl (C=O) groups excluding carboxylic acids is 1. The Hall–Kier alpha value is -2.33. The summed E-state index contributed by atoms with van der Waals surface area (Å²) in [6, 6.07) is 21.5. The number of aryl methyl sites for hydroxylation is 1. The molecule has 3 aromatic rings. The number of nitrogens with one attached hydrogen (secondary N) is 1. The molecule has 0 radical (unpaired) electrons. The molecular weight excluding hydrogens is 352 g/mol. The quantitative estimate of drug-likeness (QED) is 0.731. The van der Waals surface area contributed by atoms with Gasteiger partial charge in [-0.2, -0.15) is 0 Å². The monoisotopic (exact) mass is 368 g/mol. The molecule has 3 nitrogen and oxygen atoms in total. The Kier molecular flexibility index (Phi) is 4.63. The molecule has 3 rings (SSSR count). The predicted molar refractivity (Wildman–Crippen MR) is 95.3 cm³/mol. The molecule has 1 heterocycles. The number of nitrogens with zero attached hydrogens (tertiary/aromatic N) is 1. The third-order valence-corrected chi connectivity index (χ3v) is 4.32. The van der Waals surface area contributed by atoms with E-state index < -0.39 is 0 Å². The molecule has 2 aromatic carbocycles. The van der Waals surface area contributed by atoms with Crippen molar-refractivity contribution in [2.75, 3.05) is 0 Å². The van der Waals surface area contributed by atoms with Crippen molar-refractivity contribution in [3.8, 4) is 0 Å². The van der Waals surface area contributed by atoms with E-state index in [1.165, 1.54) is 0 Å². The van der Waals surface area contributed by atoms with Crippen molar-refractivity contribution in [1.82, 2.24) is 9.88 Å². The summed E-state index contributed by atoms with van der Waals surface area (Å²) in [5.41, 5.74) is 2.74. The minimum atomic E-state index is -0.188. The van der Waals surface area contributed by atoms with E-state index in [4.69, 9.17) is 0 Å². The van der Waals surface area contributed by atoms with Crippen LogP contribution in [0.25, 0.3) is 0 Å². The highest BCUT2D eigenvalue weighted by Crippen LogP contribution is 2.24. The summed E-state index contributed by atoms with van der Waals surface area (Å²) in [5, 5.41) is 3.14. The molecule has 0 aliphatic rings. The maximum absolute atomic E-state index is 12.6. The lowest BCUT2D eigenvalue weighted by Gasteiger charge is -2.20. The molecule has 1 unspecified atom stereocenters. The molecule has 1 aromatic heterocycles. The Morgan fingerprint density at radius 3 is 2.22 bits per heavy atom. The van der Waals surface area contributed by atoms with Crippen LogP contribution >= 0.6 is 15.9 Å². The van der Waals surface area contributed by atoms with Crippen LogP contribution in [0.2, 0.25) is 0 Å². The molecule has 4 heteroatoms. The number of hydrogen-bond acceptors (Lipinski definition) is 1. The molecule has 0 bridgehead atoms. The number of carbonyl (C=O) groups is 1. The Morgan fingerprint density at radius 1 is 0.957 bits per heavy atom. The highest BCUT2D eigenvalue weighted by Gasteiger charge is 2.18. The van der Waals surface area contributed by atoms with Crippen molar-refractivity contribution in [2.24, 2.45) is 7.05 Å². The van der Waals surface area contributed by atoms with Gasteiger partial charge in [0.1, 0.15) is 5.69 Å². The summed E-state index contributed by atoms with van der Waals surface area (Å²) >= 11 is 3.45. The van der Waals surface area contributed by atoms with Gasteiger partial charge in [-0.15, -0.1) is 0 Å². The van der Waals surface area contributed by atoms with E-state index in [2.05, 4.69) is 21.2 Å². The molecule has 1 N–H and O–H groups in total. The second kappa shape index (κ2) is 6.84. The van der Waals surface area contributed by atoms with Crippen molar-refractivity contribution in [1.29, 1.82) is 0 Å². The van der Waals surface area contributed by atoms with E-state index >= 15 is 0 Å². The van der Waals surface area contributed by atoms with Crippen LogP contribution in [0.1, 0.15) is 27.7 Å². The average molecular weight is 369 g/mol. The Balaban J connectivity index is 1.94. The zero-order valence-electron chi connectivity index (χ0n) is 12.7. The Morgan fingerprint density at radius 2 is 1.61 bits per heavy atom. The van der Waals surface area contributed by atoms with Gasteiger partial charge in [0, 0.05) is 17.7 Å². The first-order valence-corrected chi connectivity index (χ1v) is 8.17. The molecule has 0 fully saturated rings. The van der Waals surface area contributed by atoms with Gasteiger partial charge in [-0.3, -0.25) is 4.79 Å². The van der Waals surface area contributed by atoms with E-state index in [1.54, 1.807) is 0 Å². The van der Waals surface area contributed by atoms with Gasteiger partial charge in [-0.05, 0) is 35.4 Å². The molecule has 0 aliphatic carbocycles. The van der Waals surface area contributed by atoms with Crippen molar-refractivity contribution in [3.63, 3.8) is 0 Å². The minimum absolute atomic E-state index is 0.0886. The Labute approximate surface area is 144 Å². The molecule has 116 valence electrons. The van der Waals surface area contributed by atoms with Gasteiger partial charge in [0.25, 0.3) is 5.91 Å². The van der Waals surface area contributed by atoms with Gasteiger partial charge in [0.15, 0.2) is 0 Å². The summed E-state index contributed by atoms with van der Waals surface area (Å²) in [6.07, 6.45) is 1.87. The number of amides is 1. The minimum Gasteiger partial charge on any atom is -0.347 e. The normalized spacial score (nSPS) is 11.9. The largest absolute Gasteiger partial charge is 0.347 e. The van der Waals surface area contributed by atoms with Crippen LogP contribution < -0.4 is 5.32 Å². The number of halogens is 1. The average Bonchev–Trinajstić information content (AvgIpc) is 3.00. The summed E-state index contributed by atoms with van der Waals surface area (Å²) in [5.74, 6) is -0.0886. The van der Waals surface area contributed by atoms with Crippen molar-refractivity contribution < 1.29 is 4.79 Å². The third-order valence-electron chi connectivity index (χ3n) is 3.79. The van der Waals surface area contributed by atoms with Crippen LogP contribution in [0, 0.1) is 0 Å². The van der Waals surface area contributed by atoms with Crippen molar-refractivity contribution >= 4 is 21.8 Å². The first kappa shape index (κ1) is 15.6. The van der Waals surface area contributed by atoms with Gasteiger partial charge in [-0.25, -0.2) is 0 Å². The van der Waals surface area contributed by atoms with E-state index in [0.717, 1.165) is 15.6 Å². The lowest BCUT2D eigenvalue weighted by atomic mass is 9.98. The third kappa shape index (κ3) is 3.54. The van der Waals surface area contributed by atoms with Crippen LogP contribution in [0.4, 0.5) is 0 Å². The lowest BCUT2D eigenvalue weighted by Crippen LogP contribution is -2.30. The fourth-order valence-corrected chi connectivity index (χ4v) is 2.83. The van der Waals surface area contributed by atoms with Gasteiger partial charge in [0.05, 0.1) is 6.04 Å². The summed E-state index contributed by atoms with van der Waals surface area (Å²) in [4.78, 5) is 12.6. The second-order valence-corrected chi connectivity index (χ2v) is 6.29. The van der Waals surface area contributed by atoms with E-state index in [0.29, 0.717) is 5.69 Å². The fraction of sp³-hybridized carbons (Fsp3) is 0.105. The number of rotatable bonds is 4. The van der Waals surface area contributed by atoms with Crippen molar-refractivity contribution in [2.45, 2.75) is 6.04 Å². The molecule has 0 saturated carbocycles. The van der Waals surface area contributed by atoms with Crippen LogP contribution in [0.3, 0.4) is 0 Å². The fourth-order valence-electron chi connectivity index (χ4n) is 2.56. The SMILES string of the molecule is Cn1cccc1C(=O)NC(c1ccccc1)c1ccc(Br)cc1. The highest BCUT2D eigenvalue weighted by atomic mass is 79.9. The van der Waals surface area contributed by atoms with Crippen LogP contribution in [-0.2, 0) is 7.05 Å². The molecule has 0 aliphatic heterocycles. The van der Waals surface area contributed by atoms with Crippen molar-refractivity contribution in [3.05, 3.63) is 94.2 Å². The highest BCUT2D eigenvalue weighted by molar-refractivity contribution is 9.10. The smallest absolute Gasteiger partial charge is 0.268 e. The summed E-state index contributed by atoms with van der Waals surface area (Å²) < 4.78 is 2.83. The van der Waals surface area contributed by atoms with Crippen LogP contribution in [0.5, 0.6) is 0 Å². The number of hydrogen-bond donors (Lipinski definition) is 1.